The Hall–Kier alpha value is -1.22. The molecule has 0 aliphatic carbocycles. The molecule has 0 amide bonds. The Labute approximate surface area is 101 Å². The summed E-state index contributed by atoms with van der Waals surface area (Å²) in [5.41, 5.74) is 0.508. The Morgan fingerprint density at radius 3 is 2.76 bits per heavy atom. The predicted molar refractivity (Wildman–Crippen MR) is 65.7 cm³/mol. The minimum Gasteiger partial charge on any atom is -0.305 e. The van der Waals surface area contributed by atoms with E-state index in [0.29, 0.717) is 11.1 Å². The fourth-order valence-electron chi connectivity index (χ4n) is 2.30. The van der Waals surface area contributed by atoms with E-state index in [1.165, 1.54) is 6.07 Å². The molecule has 1 aliphatic heterocycles. The van der Waals surface area contributed by atoms with Gasteiger partial charge in [0.1, 0.15) is 5.82 Å². The van der Waals surface area contributed by atoms with Crippen LogP contribution < -0.4 is 5.32 Å². The van der Waals surface area contributed by atoms with Gasteiger partial charge in [-0.05, 0) is 51.3 Å². The van der Waals surface area contributed by atoms with Crippen molar-refractivity contribution in [3.63, 3.8) is 0 Å². The molecule has 0 saturated carbocycles. The fourth-order valence-corrected chi connectivity index (χ4v) is 2.30. The zero-order valence-corrected chi connectivity index (χ0v) is 10.3. The molecule has 1 atom stereocenters. The van der Waals surface area contributed by atoms with E-state index >= 15 is 0 Å². The van der Waals surface area contributed by atoms with Crippen molar-refractivity contribution in [1.29, 1.82) is 0 Å². The van der Waals surface area contributed by atoms with Gasteiger partial charge >= 0.3 is 0 Å². The van der Waals surface area contributed by atoms with Gasteiger partial charge in [-0.1, -0.05) is 12.1 Å². The summed E-state index contributed by atoms with van der Waals surface area (Å²) in [6.07, 6.45) is 2.97. The van der Waals surface area contributed by atoms with Crippen molar-refractivity contribution >= 4 is 5.78 Å². The molecule has 1 N–H and O–H groups in total. The first-order chi connectivity index (χ1) is 8.03. The summed E-state index contributed by atoms with van der Waals surface area (Å²) >= 11 is 0. The molecule has 0 radical (unpaired) electrons. The number of carbonyl (C=O) groups is 1. The Kier molecular flexibility index (Phi) is 3.29. The van der Waals surface area contributed by atoms with Crippen LogP contribution in [-0.4, -0.2) is 17.9 Å². The van der Waals surface area contributed by atoms with Crippen molar-refractivity contribution in [1.82, 2.24) is 5.32 Å². The smallest absolute Gasteiger partial charge is 0.182 e. The quantitative estimate of drug-likeness (QED) is 0.799. The second-order valence-corrected chi connectivity index (χ2v) is 5.01. The number of nitrogens with one attached hydrogen (secondary N) is 1. The third kappa shape index (κ3) is 2.39. The van der Waals surface area contributed by atoms with Crippen LogP contribution in [0.2, 0.25) is 0 Å². The van der Waals surface area contributed by atoms with Crippen molar-refractivity contribution in [3.05, 3.63) is 35.1 Å². The van der Waals surface area contributed by atoms with E-state index in [4.69, 9.17) is 0 Å². The molecule has 2 rings (SSSR count). The molecule has 1 heterocycles. The lowest BCUT2D eigenvalue weighted by Crippen LogP contribution is -2.52. The largest absolute Gasteiger partial charge is 0.305 e. The van der Waals surface area contributed by atoms with E-state index in [1.807, 2.05) is 6.92 Å². The van der Waals surface area contributed by atoms with Crippen LogP contribution >= 0.6 is 0 Å². The standard InChI is InChI=1S/C14H18FNO/c1-10-5-6-11(9-12(10)15)13(17)14(2)7-3-4-8-16-14/h5-6,9,16H,3-4,7-8H2,1-2H3. The summed E-state index contributed by atoms with van der Waals surface area (Å²) in [4.78, 5) is 12.4. The number of hydrogen-bond acceptors (Lipinski definition) is 2. The van der Waals surface area contributed by atoms with Gasteiger partial charge in [0.25, 0.3) is 0 Å². The number of benzene rings is 1. The van der Waals surface area contributed by atoms with Gasteiger partial charge < -0.3 is 5.32 Å². The van der Waals surface area contributed by atoms with Crippen molar-refractivity contribution < 1.29 is 9.18 Å². The Balaban J connectivity index is 2.26. The molecular formula is C14H18FNO. The molecule has 1 aliphatic rings. The predicted octanol–water partition coefficient (Wildman–Crippen LogP) is 2.85. The first-order valence-electron chi connectivity index (χ1n) is 6.09. The van der Waals surface area contributed by atoms with Gasteiger partial charge in [-0.3, -0.25) is 4.79 Å². The molecule has 1 unspecified atom stereocenters. The number of aryl methyl sites for hydroxylation is 1. The van der Waals surface area contributed by atoms with Crippen LogP contribution in [-0.2, 0) is 0 Å². The molecule has 1 aromatic rings. The average Bonchev–Trinajstić information content (AvgIpc) is 2.33. The number of rotatable bonds is 2. The fraction of sp³-hybridized carbons (Fsp3) is 0.500. The van der Waals surface area contributed by atoms with Gasteiger partial charge in [-0.2, -0.15) is 0 Å². The molecule has 1 saturated heterocycles. The Bertz CT molecular complexity index is 436. The maximum absolute atomic E-state index is 13.5. The molecule has 0 spiro atoms. The summed E-state index contributed by atoms with van der Waals surface area (Å²) < 4.78 is 13.5. The van der Waals surface area contributed by atoms with Gasteiger partial charge in [0.05, 0.1) is 5.54 Å². The van der Waals surface area contributed by atoms with Crippen LogP contribution in [0.1, 0.15) is 42.1 Å². The molecule has 2 nitrogen and oxygen atoms in total. The monoisotopic (exact) mass is 235 g/mol. The van der Waals surface area contributed by atoms with Crippen LogP contribution in [0, 0.1) is 12.7 Å². The minimum atomic E-state index is -0.528. The number of halogens is 1. The summed E-state index contributed by atoms with van der Waals surface area (Å²) in [5.74, 6) is -0.314. The molecule has 92 valence electrons. The molecule has 0 aromatic heterocycles. The van der Waals surface area contributed by atoms with E-state index in [1.54, 1.807) is 19.1 Å². The molecule has 1 fully saturated rings. The number of ketones is 1. The maximum Gasteiger partial charge on any atom is 0.182 e. The Morgan fingerprint density at radius 2 is 2.18 bits per heavy atom. The molecular weight excluding hydrogens is 217 g/mol. The summed E-state index contributed by atoms with van der Waals surface area (Å²) in [6, 6.07) is 4.72. The summed E-state index contributed by atoms with van der Waals surface area (Å²) in [6.45, 7) is 4.47. The van der Waals surface area contributed by atoms with Crippen LogP contribution in [0.15, 0.2) is 18.2 Å². The van der Waals surface area contributed by atoms with Gasteiger partial charge in [-0.15, -0.1) is 0 Å². The highest BCUT2D eigenvalue weighted by Crippen LogP contribution is 2.24. The first kappa shape index (κ1) is 12.2. The van der Waals surface area contributed by atoms with Crippen LogP contribution in [0.25, 0.3) is 0 Å². The molecule has 1 aromatic carbocycles. The summed E-state index contributed by atoms with van der Waals surface area (Å²) in [7, 11) is 0. The van der Waals surface area contributed by atoms with Gasteiger partial charge in [0, 0.05) is 5.56 Å². The molecule has 0 bridgehead atoms. The lowest BCUT2D eigenvalue weighted by molar-refractivity contribution is 0.0834. The van der Waals surface area contributed by atoms with Crippen molar-refractivity contribution in [2.75, 3.05) is 6.54 Å². The number of Topliss-reactive ketones (excluding diaryl/α,β-unsaturated/α-hetero) is 1. The zero-order chi connectivity index (χ0) is 12.5. The van der Waals surface area contributed by atoms with E-state index in [2.05, 4.69) is 5.32 Å². The van der Waals surface area contributed by atoms with Crippen molar-refractivity contribution in [2.45, 2.75) is 38.6 Å². The second-order valence-electron chi connectivity index (χ2n) is 5.01. The lowest BCUT2D eigenvalue weighted by Gasteiger charge is -2.33. The third-order valence-corrected chi connectivity index (χ3v) is 3.55. The Morgan fingerprint density at radius 1 is 1.41 bits per heavy atom. The van der Waals surface area contributed by atoms with Crippen LogP contribution in [0.3, 0.4) is 0 Å². The number of hydrogen-bond donors (Lipinski definition) is 1. The highest BCUT2D eigenvalue weighted by Gasteiger charge is 2.34. The molecule has 3 heteroatoms. The van der Waals surface area contributed by atoms with E-state index < -0.39 is 5.54 Å². The highest BCUT2D eigenvalue weighted by atomic mass is 19.1. The van der Waals surface area contributed by atoms with E-state index in [0.717, 1.165) is 25.8 Å². The average molecular weight is 235 g/mol. The van der Waals surface area contributed by atoms with Gasteiger partial charge in [0.2, 0.25) is 0 Å². The highest BCUT2D eigenvalue weighted by molar-refractivity contribution is 6.03. The van der Waals surface area contributed by atoms with Gasteiger partial charge in [-0.25, -0.2) is 4.39 Å². The van der Waals surface area contributed by atoms with Crippen molar-refractivity contribution in [2.24, 2.45) is 0 Å². The summed E-state index contributed by atoms with van der Waals surface area (Å²) in [5, 5.41) is 3.26. The first-order valence-corrected chi connectivity index (χ1v) is 6.09. The van der Waals surface area contributed by atoms with Crippen molar-refractivity contribution in [3.8, 4) is 0 Å². The van der Waals surface area contributed by atoms with Crippen LogP contribution in [0.5, 0.6) is 0 Å². The number of piperidine rings is 1. The topological polar surface area (TPSA) is 29.1 Å². The third-order valence-electron chi connectivity index (χ3n) is 3.55. The number of carbonyl (C=O) groups excluding carboxylic acids is 1. The maximum atomic E-state index is 13.5. The van der Waals surface area contributed by atoms with Crippen LogP contribution in [0.4, 0.5) is 4.39 Å². The SMILES string of the molecule is Cc1ccc(C(=O)C2(C)CCCCN2)cc1F. The minimum absolute atomic E-state index is 0.00361. The van der Waals surface area contributed by atoms with E-state index in [9.17, 15) is 9.18 Å². The molecule has 17 heavy (non-hydrogen) atoms. The second kappa shape index (κ2) is 4.57. The van der Waals surface area contributed by atoms with Gasteiger partial charge in [0.15, 0.2) is 5.78 Å². The zero-order valence-electron chi connectivity index (χ0n) is 10.3. The normalized spacial score (nSPS) is 24.6. The van der Waals surface area contributed by atoms with E-state index in [-0.39, 0.29) is 11.6 Å². The lowest BCUT2D eigenvalue weighted by atomic mass is 9.83.